The van der Waals surface area contributed by atoms with Crippen LogP contribution in [0, 0.1) is 5.82 Å². The molecule has 0 atom stereocenters. The van der Waals surface area contributed by atoms with Gasteiger partial charge in [-0.1, -0.05) is 41.9 Å². The molecule has 0 heterocycles. The molecule has 0 spiro atoms. The van der Waals surface area contributed by atoms with Gasteiger partial charge in [0.2, 0.25) is 0 Å². The highest BCUT2D eigenvalue weighted by Crippen LogP contribution is 2.18. The Morgan fingerprint density at radius 1 is 1.08 bits per heavy atom. The molecule has 0 aliphatic rings. The average Bonchev–Trinajstić information content (AvgIpc) is 2.59. The predicted octanol–water partition coefficient (Wildman–Crippen LogP) is 2.66. The third-order valence-corrected chi connectivity index (χ3v) is 3.35. The largest absolute Gasteiger partial charge is 0.452 e. The summed E-state index contributed by atoms with van der Waals surface area (Å²) in [6, 6.07) is 11.5. The summed E-state index contributed by atoms with van der Waals surface area (Å²) in [7, 11) is 0. The SMILES string of the molecule is O=C(COC(=O)c1ccc(F)cc1Cl)NC(=O)NCc1ccccc1. The van der Waals surface area contributed by atoms with Gasteiger partial charge in [0.25, 0.3) is 5.91 Å². The van der Waals surface area contributed by atoms with E-state index in [0.29, 0.717) is 0 Å². The van der Waals surface area contributed by atoms with Crippen LogP contribution in [0.15, 0.2) is 48.5 Å². The van der Waals surface area contributed by atoms with Crippen molar-refractivity contribution in [3.8, 4) is 0 Å². The van der Waals surface area contributed by atoms with Crippen LogP contribution in [0.3, 0.4) is 0 Å². The predicted molar refractivity (Wildman–Crippen MR) is 88.5 cm³/mol. The van der Waals surface area contributed by atoms with E-state index in [-0.39, 0.29) is 17.1 Å². The second kappa shape index (κ2) is 8.79. The molecule has 2 aromatic rings. The van der Waals surface area contributed by atoms with E-state index in [4.69, 9.17) is 16.3 Å². The first-order valence-corrected chi connectivity index (χ1v) is 7.57. The molecular formula is C17H14ClFN2O4. The second-order valence-electron chi connectivity index (χ2n) is 4.92. The maximum atomic E-state index is 12.9. The van der Waals surface area contributed by atoms with Gasteiger partial charge >= 0.3 is 12.0 Å². The molecule has 8 heteroatoms. The van der Waals surface area contributed by atoms with Gasteiger partial charge in [-0.3, -0.25) is 10.1 Å². The van der Waals surface area contributed by atoms with Crippen LogP contribution in [0.1, 0.15) is 15.9 Å². The van der Waals surface area contributed by atoms with Crippen LogP contribution >= 0.6 is 11.6 Å². The Morgan fingerprint density at radius 2 is 1.80 bits per heavy atom. The topological polar surface area (TPSA) is 84.5 Å². The molecule has 6 nitrogen and oxygen atoms in total. The zero-order chi connectivity index (χ0) is 18.2. The monoisotopic (exact) mass is 364 g/mol. The van der Waals surface area contributed by atoms with E-state index in [1.807, 2.05) is 35.6 Å². The minimum atomic E-state index is -0.898. The first kappa shape index (κ1) is 18.4. The van der Waals surface area contributed by atoms with Crippen LogP contribution in [-0.4, -0.2) is 24.5 Å². The van der Waals surface area contributed by atoms with Crippen molar-refractivity contribution in [2.24, 2.45) is 0 Å². The Hall–Kier alpha value is -2.93. The molecule has 0 fully saturated rings. The summed E-state index contributed by atoms with van der Waals surface area (Å²) in [5.41, 5.74) is 0.784. The maximum absolute atomic E-state index is 12.9. The number of carbonyl (C=O) groups is 3. The van der Waals surface area contributed by atoms with Crippen molar-refractivity contribution >= 4 is 29.5 Å². The average molecular weight is 365 g/mol. The smallest absolute Gasteiger partial charge is 0.340 e. The van der Waals surface area contributed by atoms with Crippen molar-refractivity contribution in [3.63, 3.8) is 0 Å². The molecule has 2 N–H and O–H groups in total. The molecule has 2 rings (SSSR count). The minimum absolute atomic E-state index is 0.0793. The van der Waals surface area contributed by atoms with E-state index < -0.39 is 30.3 Å². The van der Waals surface area contributed by atoms with Crippen molar-refractivity contribution in [2.45, 2.75) is 6.54 Å². The fourth-order valence-electron chi connectivity index (χ4n) is 1.85. The lowest BCUT2D eigenvalue weighted by Gasteiger charge is -2.08. The molecule has 0 aliphatic carbocycles. The number of benzene rings is 2. The number of rotatable bonds is 5. The molecule has 130 valence electrons. The minimum Gasteiger partial charge on any atom is -0.452 e. The van der Waals surface area contributed by atoms with Crippen LogP contribution in [0.2, 0.25) is 5.02 Å². The number of imide groups is 1. The summed E-state index contributed by atoms with van der Waals surface area (Å²) >= 11 is 5.72. The van der Waals surface area contributed by atoms with Gasteiger partial charge in [0.1, 0.15) is 5.82 Å². The van der Waals surface area contributed by atoms with E-state index in [9.17, 15) is 18.8 Å². The van der Waals surface area contributed by atoms with E-state index in [1.165, 1.54) is 0 Å². The first-order valence-electron chi connectivity index (χ1n) is 7.19. The van der Waals surface area contributed by atoms with Crippen LogP contribution in [0.5, 0.6) is 0 Å². The summed E-state index contributed by atoms with van der Waals surface area (Å²) in [6.45, 7) is -0.434. The van der Waals surface area contributed by atoms with Crippen molar-refractivity contribution in [3.05, 3.63) is 70.5 Å². The first-order chi connectivity index (χ1) is 12.0. The molecule has 0 saturated carbocycles. The van der Waals surface area contributed by atoms with Gasteiger partial charge in [-0.25, -0.2) is 14.0 Å². The van der Waals surface area contributed by atoms with Crippen LogP contribution in [0.25, 0.3) is 0 Å². The summed E-state index contributed by atoms with van der Waals surface area (Å²) in [6.07, 6.45) is 0. The number of esters is 1. The number of amides is 3. The van der Waals surface area contributed by atoms with Gasteiger partial charge in [0.05, 0.1) is 10.6 Å². The Kier molecular flexibility index (Phi) is 6.47. The fourth-order valence-corrected chi connectivity index (χ4v) is 2.09. The molecule has 25 heavy (non-hydrogen) atoms. The molecule has 2 aromatic carbocycles. The molecule has 0 bridgehead atoms. The Morgan fingerprint density at radius 3 is 2.48 bits per heavy atom. The van der Waals surface area contributed by atoms with Crippen LogP contribution < -0.4 is 10.6 Å². The normalized spacial score (nSPS) is 10.0. The van der Waals surface area contributed by atoms with Gasteiger partial charge in [-0.2, -0.15) is 0 Å². The number of hydrogen-bond acceptors (Lipinski definition) is 4. The lowest BCUT2D eigenvalue weighted by atomic mass is 10.2. The highest BCUT2D eigenvalue weighted by Gasteiger charge is 2.15. The van der Waals surface area contributed by atoms with Crippen LogP contribution in [0.4, 0.5) is 9.18 Å². The number of ether oxygens (including phenoxy) is 1. The highest BCUT2D eigenvalue weighted by atomic mass is 35.5. The van der Waals surface area contributed by atoms with E-state index in [2.05, 4.69) is 5.32 Å². The van der Waals surface area contributed by atoms with E-state index in [1.54, 1.807) is 0 Å². The van der Waals surface area contributed by atoms with Crippen molar-refractivity contribution in [1.82, 2.24) is 10.6 Å². The Balaban J connectivity index is 1.76. The molecule has 0 saturated heterocycles. The molecule has 3 amide bonds. The maximum Gasteiger partial charge on any atom is 0.340 e. The van der Waals surface area contributed by atoms with Gasteiger partial charge in [0, 0.05) is 6.54 Å². The van der Waals surface area contributed by atoms with Crippen molar-refractivity contribution in [1.29, 1.82) is 0 Å². The third-order valence-electron chi connectivity index (χ3n) is 3.03. The second-order valence-corrected chi connectivity index (χ2v) is 5.32. The number of hydrogen-bond donors (Lipinski definition) is 2. The molecule has 0 radical (unpaired) electrons. The lowest BCUT2D eigenvalue weighted by Crippen LogP contribution is -2.41. The number of nitrogens with one attached hydrogen (secondary N) is 2. The van der Waals surface area contributed by atoms with E-state index in [0.717, 1.165) is 23.8 Å². The van der Waals surface area contributed by atoms with Crippen molar-refractivity contribution < 1.29 is 23.5 Å². The fraction of sp³-hybridized carbons (Fsp3) is 0.118. The zero-order valence-electron chi connectivity index (χ0n) is 12.9. The standard InChI is InChI=1S/C17H14ClFN2O4/c18-14-8-12(19)6-7-13(14)16(23)25-10-15(22)21-17(24)20-9-11-4-2-1-3-5-11/h1-8H,9-10H2,(H2,20,21,22,24). The van der Waals surface area contributed by atoms with Crippen molar-refractivity contribution in [2.75, 3.05) is 6.61 Å². The summed E-state index contributed by atoms with van der Waals surface area (Å²) in [5.74, 6) is -2.31. The van der Waals surface area contributed by atoms with Crippen LogP contribution in [-0.2, 0) is 16.1 Å². The molecular weight excluding hydrogens is 351 g/mol. The number of halogens is 2. The summed E-state index contributed by atoms with van der Waals surface area (Å²) in [4.78, 5) is 35.0. The number of urea groups is 1. The zero-order valence-corrected chi connectivity index (χ0v) is 13.7. The summed E-state index contributed by atoms with van der Waals surface area (Å²) in [5, 5.41) is 4.38. The molecule has 0 aliphatic heterocycles. The lowest BCUT2D eigenvalue weighted by molar-refractivity contribution is -0.123. The summed E-state index contributed by atoms with van der Waals surface area (Å²) < 4.78 is 17.7. The molecule has 0 aromatic heterocycles. The third kappa shape index (κ3) is 5.89. The highest BCUT2D eigenvalue weighted by molar-refractivity contribution is 6.33. The number of carbonyl (C=O) groups excluding carboxylic acids is 3. The quantitative estimate of drug-likeness (QED) is 0.799. The van der Waals surface area contributed by atoms with Gasteiger partial charge in [0.15, 0.2) is 6.61 Å². The van der Waals surface area contributed by atoms with E-state index >= 15 is 0 Å². The Labute approximate surface area is 147 Å². The van der Waals surface area contributed by atoms with Gasteiger partial charge in [-0.05, 0) is 23.8 Å². The Bertz CT molecular complexity index is 783. The van der Waals surface area contributed by atoms with Gasteiger partial charge in [-0.15, -0.1) is 0 Å². The molecule has 0 unspecified atom stereocenters. The van der Waals surface area contributed by atoms with Gasteiger partial charge < -0.3 is 10.1 Å².